The second kappa shape index (κ2) is 8.57. The molecule has 6 aromatic rings. The molecule has 6 nitrogen and oxygen atoms in total. The fourth-order valence-electron chi connectivity index (χ4n) is 4.74. The van der Waals surface area contributed by atoms with E-state index >= 15 is 0 Å². The molecule has 0 radical (unpaired) electrons. The second-order valence-electron chi connectivity index (χ2n) is 8.71. The van der Waals surface area contributed by atoms with Crippen LogP contribution in [0, 0.1) is 10.1 Å². The number of hydrogen-bond acceptors (Lipinski definition) is 3. The number of imidazole rings is 1. The van der Waals surface area contributed by atoms with E-state index in [4.69, 9.17) is 0 Å². The summed E-state index contributed by atoms with van der Waals surface area (Å²) in [6, 6.07) is 28.6. The highest BCUT2D eigenvalue weighted by Gasteiger charge is 2.21. The van der Waals surface area contributed by atoms with Crippen LogP contribution in [0.2, 0.25) is 0 Å². The van der Waals surface area contributed by atoms with Crippen molar-refractivity contribution in [2.24, 2.45) is 0 Å². The molecule has 0 atom stereocenters. The average Bonchev–Trinajstić information content (AvgIpc) is 3.51. The van der Waals surface area contributed by atoms with Crippen molar-refractivity contribution in [3.8, 4) is 11.1 Å². The SMILES string of the molecule is O=[N+]([O-])c1cn(Cc2cncn2Cc2ccc3ccccc3c2)cc1-c1cccc2ccccc12. The second-order valence-corrected chi connectivity index (χ2v) is 8.71. The van der Waals surface area contributed by atoms with E-state index in [1.807, 2.05) is 77.9 Å². The van der Waals surface area contributed by atoms with Crippen molar-refractivity contribution in [3.05, 3.63) is 131 Å². The number of nitrogens with zero attached hydrogens (tertiary/aromatic N) is 4. The van der Waals surface area contributed by atoms with Gasteiger partial charge in [-0.15, -0.1) is 0 Å². The number of benzene rings is 4. The Labute approximate surface area is 201 Å². The zero-order chi connectivity index (χ0) is 23.8. The van der Waals surface area contributed by atoms with Gasteiger partial charge in [0.1, 0.15) is 0 Å². The van der Waals surface area contributed by atoms with Gasteiger partial charge in [0.2, 0.25) is 0 Å². The predicted molar refractivity (Wildman–Crippen MR) is 138 cm³/mol. The fraction of sp³-hybridized carbons (Fsp3) is 0.0690. The summed E-state index contributed by atoms with van der Waals surface area (Å²) in [7, 11) is 0. The van der Waals surface area contributed by atoms with Crippen molar-refractivity contribution in [1.29, 1.82) is 0 Å². The molecule has 4 aromatic carbocycles. The molecule has 0 N–H and O–H groups in total. The first-order valence-electron chi connectivity index (χ1n) is 11.4. The summed E-state index contributed by atoms with van der Waals surface area (Å²) >= 11 is 0. The van der Waals surface area contributed by atoms with E-state index in [-0.39, 0.29) is 10.6 Å². The summed E-state index contributed by atoms with van der Waals surface area (Å²) < 4.78 is 3.97. The molecule has 0 saturated carbocycles. The molecule has 0 fully saturated rings. The molecule has 0 aliphatic rings. The summed E-state index contributed by atoms with van der Waals surface area (Å²) in [6.07, 6.45) is 7.12. The first kappa shape index (κ1) is 20.9. The van der Waals surface area contributed by atoms with Crippen LogP contribution in [0.3, 0.4) is 0 Å². The minimum absolute atomic E-state index is 0.0990. The third-order valence-electron chi connectivity index (χ3n) is 6.45. The molecule has 170 valence electrons. The van der Waals surface area contributed by atoms with Crippen LogP contribution in [0.25, 0.3) is 32.7 Å². The number of aromatic nitrogens is 3. The van der Waals surface area contributed by atoms with Crippen LogP contribution < -0.4 is 0 Å². The number of rotatable bonds is 6. The first-order valence-corrected chi connectivity index (χ1v) is 11.4. The average molecular weight is 459 g/mol. The Balaban J connectivity index is 1.33. The third-order valence-corrected chi connectivity index (χ3v) is 6.45. The molecular weight excluding hydrogens is 436 g/mol. The summed E-state index contributed by atoms with van der Waals surface area (Å²) in [4.78, 5) is 16.0. The van der Waals surface area contributed by atoms with E-state index in [0.29, 0.717) is 18.7 Å². The van der Waals surface area contributed by atoms with Gasteiger partial charge in [-0.25, -0.2) is 4.98 Å². The minimum atomic E-state index is -0.306. The van der Waals surface area contributed by atoms with E-state index in [9.17, 15) is 10.1 Å². The van der Waals surface area contributed by atoms with Gasteiger partial charge in [0.05, 0.1) is 35.2 Å². The molecule has 0 spiro atoms. The third kappa shape index (κ3) is 3.95. The van der Waals surface area contributed by atoms with Gasteiger partial charge in [0.15, 0.2) is 0 Å². The van der Waals surface area contributed by atoms with E-state index in [1.54, 1.807) is 6.20 Å². The van der Waals surface area contributed by atoms with Gasteiger partial charge >= 0.3 is 0 Å². The normalized spacial score (nSPS) is 11.3. The monoisotopic (exact) mass is 458 g/mol. The number of fused-ring (bicyclic) bond motifs is 2. The molecule has 2 heterocycles. The van der Waals surface area contributed by atoms with Crippen LogP contribution in [0.1, 0.15) is 11.3 Å². The smallest absolute Gasteiger partial charge is 0.294 e. The Morgan fingerprint density at radius 2 is 1.54 bits per heavy atom. The molecule has 0 saturated heterocycles. The zero-order valence-electron chi connectivity index (χ0n) is 18.9. The summed E-state index contributed by atoms with van der Waals surface area (Å²) in [5, 5.41) is 16.4. The van der Waals surface area contributed by atoms with Crippen LogP contribution in [0.5, 0.6) is 0 Å². The van der Waals surface area contributed by atoms with E-state index < -0.39 is 0 Å². The van der Waals surface area contributed by atoms with Gasteiger partial charge in [-0.1, -0.05) is 78.9 Å². The van der Waals surface area contributed by atoms with Gasteiger partial charge in [-0.05, 0) is 38.7 Å². The van der Waals surface area contributed by atoms with Crippen LogP contribution in [0.4, 0.5) is 5.69 Å². The first-order chi connectivity index (χ1) is 17.2. The Bertz CT molecular complexity index is 1690. The summed E-state index contributed by atoms with van der Waals surface area (Å²) in [5.41, 5.74) is 3.73. The van der Waals surface area contributed by atoms with Crippen molar-refractivity contribution in [1.82, 2.24) is 14.1 Å². The highest BCUT2D eigenvalue weighted by atomic mass is 16.6. The molecule has 0 aliphatic carbocycles. The van der Waals surface area contributed by atoms with Crippen molar-refractivity contribution in [3.63, 3.8) is 0 Å². The molecule has 0 amide bonds. The zero-order valence-corrected chi connectivity index (χ0v) is 18.9. The maximum absolute atomic E-state index is 11.9. The Morgan fingerprint density at radius 1 is 0.771 bits per heavy atom. The lowest BCUT2D eigenvalue weighted by Crippen LogP contribution is -2.07. The highest BCUT2D eigenvalue weighted by Crippen LogP contribution is 2.36. The van der Waals surface area contributed by atoms with E-state index in [2.05, 4.69) is 39.9 Å². The minimum Gasteiger partial charge on any atom is -0.341 e. The molecule has 0 unspecified atom stereocenters. The number of nitro groups is 1. The van der Waals surface area contributed by atoms with Gasteiger partial charge in [-0.2, -0.15) is 0 Å². The molecule has 6 rings (SSSR count). The highest BCUT2D eigenvalue weighted by molar-refractivity contribution is 5.98. The van der Waals surface area contributed by atoms with Gasteiger partial charge in [0, 0.05) is 18.9 Å². The molecule has 6 heteroatoms. The van der Waals surface area contributed by atoms with E-state index in [0.717, 1.165) is 22.0 Å². The topological polar surface area (TPSA) is 65.9 Å². The van der Waals surface area contributed by atoms with Crippen LogP contribution in [-0.2, 0) is 13.1 Å². The van der Waals surface area contributed by atoms with Crippen molar-refractivity contribution < 1.29 is 4.92 Å². The lowest BCUT2D eigenvalue weighted by Gasteiger charge is -2.10. The molecule has 35 heavy (non-hydrogen) atoms. The summed E-state index contributed by atoms with van der Waals surface area (Å²) in [5.74, 6) is 0. The predicted octanol–water partition coefficient (Wildman–Crippen LogP) is 6.66. The van der Waals surface area contributed by atoms with E-state index in [1.165, 1.54) is 16.3 Å². The van der Waals surface area contributed by atoms with Crippen LogP contribution in [0.15, 0.2) is 110 Å². The summed E-state index contributed by atoms with van der Waals surface area (Å²) in [6.45, 7) is 1.17. The molecule has 0 aliphatic heterocycles. The van der Waals surface area contributed by atoms with Crippen molar-refractivity contribution in [2.45, 2.75) is 13.1 Å². The molecular formula is C29H22N4O2. The van der Waals surface area contributed by atoms with Crippen LogP contribution in [-0.4, -0.2) is 19.0 Å². The van der Waals surface area contributed by atoms with Gasteiger partial charge in [-0.3, -0.25) is 10.1 Å². The Kier molecular flexibility index (Phi) is 5.11. The molecule has 0 bridgehead atoms. The number of hydrogen-bond donors (Lipinski definition) is 0. The fourth-order valence-corrected chi connectivity index (χ4v) is 4.74. The quantitative estimate of drug-likeness (QED) is 0.207. The maximum Gasteiger partial charge on any atom is 0.294 e. The van der Waals surface area contributed by atoms with Gasteiger partial charge < -0.3 is 9.13 Å². The van der Waals surface area contributed by atoms with Gasteiger partial charge in [0.25, 0.3) is 5.69 Å². The Morgan fingerprint density at radius 3 is 2.40 bits per heavy atom. The Hall–Kier alpha value is -4.71. The maximum atomic E-state index is 11.9. The largest absolute Gasteiger partial charge is 0.341 e. The van der Waals surface area contributed by atoms with Crippen molar-refractivity contribution >= 4 is 27.2 Å². The lowest BCUT2D eigenvalue weighted by atomic mass is 9.99. The lowest BCUT2D eigenvalue weighted by molar-refractivity contribution is -0.384. The molecule has 2 aromatic heterocycles. The van der Waals surface area contributed by atoms with Crippen LogP contribution >= 0.6 is 0 Å². The van der Waals surface area contributed by atoms with Crippen molar-refractivity contribution in [2.75, 3.05) is 0 Å². The standard InChI is InChI=1S/C29H22N4O2/c34-33(35)29-19-31(18-28(29)27-11-5-9-23-7-3-4-10-26(23)27)17-25-15-30-20-32(25)16-21-12-13-22-6-1-2-8-24(22)14-21/h1-15,18-20H,16-17H2.